The maximum Gasteiger partial charge on any atom is 0.264 e. The Bertz CT molecular complexity index is 1480. The molecule has 0 fully saturated rings. The van der Waals surface area contributed by atoms with E-state index in [1.807, 2.05) is 58.0 Å². The number of nitrogens with zero attached hydrogens (tertiary/aromatic N) is 2. The van der Waals surface area contributed by atoms with E-state index >= 15 is 0 Å². The van der Waals surface area contributed by atoms with Gasteiger partial charge in [-0.1, -0.05) is 44.2 Å². The third kappa shape index (κ3) is 8.43. The molecule has 3 aromatic rings. The van der Waals surface area contributed by atoms with Crippen LogP contribution in [-0.4, -0.2) is 64.6 Å². The number of ether oxygens (including phenoxy) is 3. The van der Waals surface area contributed by atoms with Crippen molar-refractivity contribution in [2.75, 3.05) is 31.7 Å². The number of amides is 2. The zero-order valence-corrected chi connectivity index (χ0v) is 27.1. The fourth-order valence-corrected chi connectivity index (χ4v) is 6.08. The lowest BCUT2D eigenvalue weighted by atomic mass is 10.1. The highest BCUT2D eigenvalue weighted by Gasteiger charge is 2.34. The molecular formula is C33H43N3O7S. The maximum atomic E-state index is 14.2. The highest BCUT2D eigenvalue weighted by molar-refractivity contribution is 7.92. The molecular weight excluding hydrogens is 582 g/mol. The van der Waals surface area contributed by atoms with Crippen molar-refractivity contribution in [2.24, 2.45) is 0 Å². The Hall–Kier alpha value is -4.25. The number of anilines is 1. The molecule has 11 heteroatoms. The zero-order chi connectivity index (χ0) is 32.3. The fourth-order valence-electron chi connectivity index (χ4n) is 4.65. The van der Waals surface area contributed by atoms with E-state index < -0.39 is 28.5 Å². The number of methoxy groups -OCH3 is 2. The molecule has 10 nitrogen and oxygen atoms in total. The molecule has 0 bridgehead atoms. The van der Waals surface area contributed by atoms with Crippen LogP contribution >= 0.6 is 0 Å². The maximum absolute atomic E-state index is 14.2. The first kappa shape index (κ1) is 34.2. The summed E-state index contributed by atoms with van der Waals surface area (Å²) in [7, 11) is -1.43. The summed E-state index contributed by atoms with van der Waals surface area (Å²) in [5.41, 5.74) is 1.07. The number of carbonyl (C=O) groups excluding carboxylic acids is 2. The molecule has 2 atom stereocenters. The Kier molecular flexibility index (Phi) is 12.5. The van der Waals surface area contributed by atoms with Crippen LogP contribution in [-0.2, 0) is 26.2 Å². The second kappa shape index (κ2) is 16.0. The largest absolute Gasteiger partial charge is 0.494 e. The minimum Gasteiger partial charge on any atom is -0.494 e. The monoisotopic (exact) mass is 625 g/mol. The van der Waals surface area contributed by atoms with E-state index in [0.29, 0.717) is 24.5 Å². The van der Waals surface area contributed by atoms with Gasteiger partial charge < -0.3 is 24.4 Å². The van der Waals surface area contributed by atoms with E-state index in [0.717, 1.165) is 16.3 Å². The second-order valence-electron chi connectivity index (χ2n) is 10.2. The Morgan fingerprint density at radius 1 is 0.864 bits per heavy atom. The highest BCUT2D eigenvalue weighted by Crippen LogP contribution is 2.33. The molecule has 2 amide bonds. The van der Waals surface area contributed by atoms with Gasteiger partial charge in [-0.25, -0.2) is 8.42 Å². The van der Waals surface area contributed by atoms with Crippen LogP contribution < -0.4 is 23.8 Å². The van der Waals surface area contributed by atoms with Gasteiger partial charge in [0.2, 0.25) is 11.8 Å². The summed E-state index contributed by atoms with van der Waals surface area (Å²) < 4.78 is 45.7. The molecule has 3 aromatic carbocycles. The Morgan fingerprint density at radius 3 is 2.09 bits per heavy atom. The summed E-state index contributed by atoms with van der Waals surface area (Å²) >= 11 is 0. The minimum atomic E-state index is -4.30. The first-order valence-electron chi connectivity index (χ1n) is 14.7. The van der Waals surface area contributed by atoms with Crippen molar-refractivity contribution >= 4 is 27.5 Å². The number of hydrogen-bond donors (Lipinski definition) is 1. The fraction of sp³-hybridized carbons (Fsp3) is 0.394. The molecule has 0 saturated heterocycles. The van der Waals surface area contributed by atoms with Crippen LogP contribution in [0.2, 0.25) is 0 Å². The number of rotatable bonds is 16. The van der Waals surface area contributed by atoms with E-state index in [2.05, 4.69) is 5.32 Å². The van der Waals surface area contributed by atoms with Gasteiger partial charge >= 0.3 is 0 Å². The van der Waals surface area contributed by atoms with Gasteiger partial charge in [0, 0.05) is 18.7 Å². The molecule has 1 N–H and O–H groups in total. The molecule has 0 heterocycles. The van der Waals surface area contributed by atoms with Crippen LogP contribution in [0.3, 0.4) is 0 Å². The zero-order valence-electron chi connectivity index (χ0n) is 26.3. The second-order valence-corrected chi connectivity index (χ2v) is 12.1. The molecule has 0 saturated carbocycles. The SMILES string of the molecule is CCOc1ccc(N(CC(=O)N(Cc2ccccc2)[C@H](CC)C(=O)N[C@H](C)CC)S(=O)(=O)c2ccc(OC)c(OC)c2)cc1. The predicted octanol–water partition coefficient (Wildman–Crippen LogP) is 5.02. The Balaban J connectivity index is 2.10. The number of nitrogens with one attached hydrogen (secondary N) is 1. The van der Waals surface area contributed by atoms with E-state index in [9.17, 15) is 18.0 Å². The van der Waals surface area contributed by atoms with Crippen molar-refractivity contribution in [3.8, 4) is 17.2 Å². The van der Waals surface area contributed by atoms with Crippen LogP contribution in [0.25, 0.3) is 0 Å². The van der Waals surface area contributed by atoms with Crippen molar-refractivity contribution in [3.05, 3.63) is 78.4 Å². The molecule has 0 spiro atoms. The summed E-state index contributed by atoms with van der Waals surface area (Å²) in [6.45, 7) is 7.56. The lowest BCUT2D eigenvalue weighted by molar-refractivity contribution is -0.140. The molecule has 44 heavy (non-hydrogen) atoms. The van der Waals surface area contributed by atoms with Crippen LogP contribution in [0, 0.1) is 0 Å². The smallest absolute Gasteiger partial charge is 0.264 e. The number of benzene rings is 3. The van der Waals surface area contributed by atoms with Gasteiger partial charge in [-0.2, -0.15) is 0 Å². The lowest BCUT2D eigenvalue weighted by Gasteiger charge is -2.33. The van der Waals surface area contributed by atoms with Crippen LogP contribution in [0.1, 0.15) is 46.1 Å². The summed E-state index contributed by atoms with van der Waals surface area (Å²) in [5.74, 6) is 0.330. The van der Waals surface area contributed by atoms with Gasteiger partial charge in [0.1, 0.15) is 18.3 Å². The van der Waals surface area contributed by atoms with Crippen molar-refractivity contribution < 1.29 is 32.2 Å². The average Bonchev–Trinajstić information content (AvgIpc) is 3.03. The summed E-state index contributed by atoms with van der Waals surface area (Å²) in [6, 6.07) is 19.1. The molecule has 0 radical (unpaired) electrons. The van der Waals surface area contributed by atoms with Gasteiger partial charge in [-0.3, -0.25) is 13.9 Å². The third-order valence-electron chi connectivity index (χ3n) is 7.24. The van der Waals surface area contributed by atoms with Crippen LogP contribution in [0.15, 0.2) is 77.7 Å². The van der Waals surface area contributed by atoms with Crippen molar-refractivity contribution in [3.63, 3.8) is 0 Å². The van der Waals surface area contributed by atoms with E-state index in [4.69, 9.17) is 14.2 Å². The van der Waals surface area contributed by atoms with Crippen LogP contribution in [0.5, 0.6) is 17.2 Å². The normalized spacial score (nSPS) is 12.5. The number of carbonyl (C=O) groups is 2. The standard InChI is InChI=1S/C33H43N3O7S/c1-7-24(4)34-33(38)29(8-2)35(22-25-13-11-10-12-14-25)32(37)23-36(26-15-17-27(18-16-26)43-9-3)44(39,40)28-19-20-30(41-5)31(21-28)42-6/h10-21,24,29H,7-9,22-23H2,1-6H3,(H,34,38)/t24-,29-/m1/s1. The summed E-state index contributed by atoms with van der Waals surface area (Å²) in [6.07, 6.45) is 1.07. The van der Waals surface area contributed by atoms with Crippen LogP contribution in [0.4, 0.5) is 5.69 Å². The third-order valence-corrected chi connectivity index (χ3v) is 9.01. The van der Waals surface area contributed by atoms with Crippen molar-refractivity contribution in [2.45, 2.75) is 64.1 Å². The van der Waals surface area contributed by atoms with Gasteiger partial charge in [-0.05, 0) is 68.7 Å². The predicted molar refractivity (Wildman–Crippen MR) is 171 cm³/mol. The molecule has 0 aliphatic heterocycles. The molecule has 0 aliphatic carbocycles. The van der Waals surface area contributed by atoms with E-state index in [1.165, 1.54) is 37.3 Å². The van der Waals surface area contributed by atoms with Crippen molar-refractivity contribution in [1.29, 1.82) is 0 Å². The van der Waals surface area contributed by atoms with E-state index in [-0.39, 0.29) is 34.8 Å². The Morgan fingerprint density at radius 2 is 1.52 bits per heavy atom. The van der Waals surface area contributed by atoms with Gasteiger partial charge in [0.05, 0.1) is 31.4 Å². The van der Waals surface area contributed by atoms with Gasteiger partial charge in [0.25, 0.3) is 10.0 Å². The van der Waals surface area contributed by atoms with Gasteiger partial charge in [-0.15, -0.1) is 0 Å². The highest BCUT2D eigenvalue weighted by atomic mass is 32.2. The minimum absolute atomic E-state index is 0.0870. The van der Waals surface area contributed by atoms with Crippen molar-refractivity contribution in [1.82, 2.24) is 10.2 Å². The summed E-state index contributed by atoms with van der Waals surface area (Å²) in [5, 5.41) is 2.98. The molecule has 0 aliphatic rings. The van der Waals surface area contributed by atoms with Gasteiger partial charge in [0.15, 0.2) is 11.5 Å². The quantitative estimate of drug-likeness (QED) is 0.238. The Labute approximate surface area is 261 Å². The molecule has 238 valence electrons. The molecule has 0 unspecified atom stereocenters. The topological polar surface area (TPSA) is 114 Å². The van der Waals surface area contributed by atoms with E-state index in [1.54, 1.807) is 24.3 Å². The first-order chi connectivity index (χ1) is 21.1. The molecule has 3 rings (SSSR count). The lowest BCUT2D eigenvalue weighted by Crippen LogP contribution is -2.53. The first-order valence-corrected chi connectivity index (χ1v) is 16.1. The summed E-state index contributed by atoms with van der Waals surface area (Å²) in [4.78, 5) is 29.0. The number of sulfonamides is 1. The average molecular weight is 626 g/mol. The molecule has 0 aromatic heterocycles. The number of hydrogen-bond acceptors (Lipinski definition) is 7.